The smallest absolute Gasteiger partial charge is 0.309 e. The molecule has 0 bridgehead atoms. The fraction of sp³-hybridized carbons (Fsp3) is 0.409. The molecule has 1 atom stereocenters. The summed E-state index contributed by atoms with van der Waals surface area (Å²) in [6, 6.07) is 8.19. The molecule has 0 aliphatic carbocycles. The van der Waals surface area contributed by atoms with Gasteiger partial charge in [-0.25, -0.2) is 4.98 Å². The van der Waals surface area contributed by atoms with Crippen molar-refractivity contribution in [2.24, 2.45) is 5.92 Å². The number of aryl methyl sites for hydroxylation is 2. The summed E-state index contributed by atoms with van der Waals surface area (Å²) < 4.78 is 4.81. The number of nitrogens with one attached hydrogen (secondary N) is 1. The number of carbonyl (C=O) groups excluding carboxylic acids is 1. The van der Waals surface area contributed by atoms with Gasteiger partial charge in [-0.15, -0.1) is 11.3 Å². The standard InChI is InChI=1S/C22H27N3O3S/c1-6-25(11-14(3)22(27)28-5)12-17-23-20(26)19-18(15(4)29-21(19)24-17)16-9-7-13(2)8-10-16/h7-10,14H,6,11-12H2,1-5H3,(H,23,24,26). The average molecular weight is 414 g/mol. The molecule has 0 saturated carbocycles. The van der Waals surface area contributed by atoms with Gasteiger partial charge in [0.2, 0.25) is 0 Å². The molecule has 1 unspecified atom stereocenters. The predicted octanol–water partition coefficient (Wildman–Crippen LogP) is 3.90. The molecule has 2 aromatic heterocycles. The third-order valence-corrected chi connectivity index (χ3v) is 6.08. The highest BCUT2D eigenvalue weighted by Crippen LogP contribution is 2.35. The Morgan fingerprint density at radius 1 is 1.28 bits per heavy atom. The molecule has 1 aromatic carbocycles. The summed E-state index contributed by atoms with van der Waals surface area (Å²) in [6.07, 6.45) is 0. The summed E-state index contributed by atoms with van der Waals surface area (Å²) in [4.78, 5) is 36.2. The van der Waals surface area contributed by atoms with Crippen LogP contribution in [0.1, 0.15) is 30.1 Å². The van der Waals surface area contributed by atoms with Crippen LogP contribution >= 0.6 is 11.3 Å². The number of esters is 1. The lowest BCUT2D eigenvalue weighted by Gasteiger charge is -2.22. The number of thiophene rings is 1. The minimum Gasteiger partial charge on any atom is -0.469 e. The highest BCUT2D eigenvalue weighted by atomic mass is 32.1. The maximum Gasteiger partial charge on any atom is 0.309 e. The van der Waals surface area contributed by atoms with Gasteiger partial charge in [0.25, 0.3) is 5.56 Å². The van der Waals surface area contributed by atoms with Crippen LogP contribution in [0.2, 0.25) is 0 Å². The third kappa shape index (κ3) is 4.57. The molecule has 3 rings (SSSR count). The van der Waals surface area contributed by atoms with Gasteiger partial charge in [0.15, 0.2) is 0 Å². The first kappa shape index (κ1) is 21.2. The maximum atomic E-state index is 12.9. The number of nitrogens with zero attached hydrogens (tertiary/aromatic N) is 2. The van der Waals surface area contributed by atoms with E-state index in [1.54, 1.807) is 0 Å². The number of methoxy groups -OCH3 is 1. The second kappa shape index (κ2) is 8.88. The molecule has 3 aromatic rings. The number of hydrogen-bond donors (Lipinski definition) is 1. The van der Waals surface area contributed by atoms with Crippen LogP contribution in [0, 0.1) is 19.8 Å². The maximum absolute atomic E-state index is 12.9. The first-order valence-corrected chi connectivity index (χ1v) is 10.5. The zero-order chi connectivity index (χ0) is 21.1. The van der Waals surface area contributed by atoms with Gasteiger partial charge in [-0.2, -0.15) is 0 Å². The lowest BCUT2D eigenvalue weighted by atomic mass is 10.0. The number of ether oxygens (including phenoxy) is 1. The van der Waals surface area contributed by atoms with Gasteiger partial charge in [-0.3, -0.25) is 14.5 Å². The van der Waals surface area contributed by atoms with Gasteiger partial charge in [-0.1, -0.05) is 43.7 Å². The van der Waals surface area contributed by atoms with Crippen molar-refractivity contribution < 1.29 is 9.53 Å². The van der Waals surface area contributed by atoms with E-state index in [4.69, 9.17) is 9.72 Å². The minimum absolute atomic E-state index is 0.123. The minimum atomic E-state index is -0.243. The predicted molar refractivity (Wildman–Crippen MR) is 117 cm³/mol. The van der Waals surface area contributed by atoms with Crippen LogP contribution in [-0.4, -0.2) is 41.0 Å². The van der Waals surface area contributed by atoms with Crippen LogP contribution < -0.4 is 5.56 Å². The highest BCUT2D eigenvalue weighted by molar-refractivity contribution is 7.19. The van der Waals surface area contributed by atoms with Gasteiger partial charge in [-0.05, 0) is 26.0 Å². The van der Waals surface area contributed by atoms with E-state index < -0.39 is 0 Å². The van der Waals surface area contributed by atoms with Crippen LogP contribution in [0.25, 0.3) is 21.3 Å². The van der Waals surface area contributed by atoms with Crippen LogP contribution in [0.4, 0.5) is 0 Å². The Bertz CT molecular complexity index is 1070. The molecule has 154 valence electrons. The van der Waals surface area contributed by atoms with Crippen LogP contribution in [-0.2, 0) is 16.1 Å². The second-order valence-corrected chi connectivity index (χ2v) is 8.55. The van der Waals surface area contributed by atoms with Crippen LogP contribution in [0.5, 0.6) is 0 Å². The third-order valence-electron chi connectivity index (χ3n) is 5.08. The SMILES string of the molecule is CCN(Cc1nc2sc(C)c(-c3ccc(C)cc3)c2c(=O)[nH]1)CC(C)C(=O)OC. The van der Waals surface area contributed by atoms with E-state index in [1.165, 1.54) is 24.0 Å². The van der Waals surface area contributed by atoms with Gasteiger partial charge in [0, 0.05) is 17.0 Å². The molecule has 0 fully saturated rings. The van der Waals surface area contributed by atoms with Gasteiger partial charge < -0.3 is 9.72 Å². The number of rotatable bonds is 7. The molecule has 7 heteroatoms. The second-order valence-electron chi connectivity index (χ2n) is 7.34. The Morgan fingerprint density at radius 2 is 1.97 bits per heavy atom. The molecular formula is C22H27N3O3S. The Hall–Kier alpha value is -2.51. The number of aromatic amines is 1. The van der Waals surface area contributed by atoms with Gasteiger partial charge >= 0.3 is 5.97 Å². The molecule has 29 heavy (non-hydrogen) atoms. The van der Waals surface area contributed by atoms with Crippen LogP contribution in [0.15, 0.2) is 29.1 Å². The summed E-state index contributed by atoms with van der Waals surface area (Å²) in [5.41, 5.74) is 3.04. The monoisotopic (exact) mass is 413 g/mol. The normalized spacial score (nSPS) is 12.5. The van der Waals surface area contributed by atoms with E-state index in [-0.39, 0.29) is 17.4 Å². The topological polar surface area (TPSA) is 75.3 Å². The summed E-state index contributed by atoms with van der Waals surface area (Å²) in [5.74, 6) is 0.127. The van der Waals surface area contributed by atoms with Crippen molar-refractivity contribution in [3.63, 3.8) is 0 Å². The highest BCUT2D eigenvalue weighted by Gasteiger charge is 2.20. The van der Waals surface area contributed by atoms with Crippen molar-refractivity contribution in [3.05, 3.63) is 50.9 Å². The molecule has 0 aliphatic heterocycles. The number of H-pyrrole nitrogens is 1. The molecule has 6 nitrogen and oxygen atoms in total. The Morgan fingerprint density at radius 3 is 2.59 bits per heavy atom. The van der Waals surface area contributed by atoms with Crippen molar-refractivity contribution >= 4 is 27.5 Å². The molecule has 0 spiro atoms. The van der Waals surface area contributed by atoms with E-state index in [1.807, 2.05) is 39.8 Å². The average Bonchev–Trinajstić information content (AvgIpc) is 3.03. The van der Waals surface area contributed by atoms with Gasteiger partial charge in [0.05, 0.1) is 25.0 Å². The fourth-order valence-corrected chi connectivity index (χ4v) is 4.55. The lowest BCUT2D eigenvalue weighted by Crippen LogP contribution is -2.33. The van der Waals surface area contributed by atoms with Crippen molar-refractivity contribution in [2.45, 2.75) is 34.2 Å². The fourth-order valence-electron chi connectivity index (χ4n) is 3.49. The number of aromatic nitrogens is 2. The Kier molecular flexibility index (Phi) is 6.49. The van der Waals surface area contributed by atoms with Gasteiger partial charge in [0.1, 0.15) is 10.7 Å². The zero-order valence-corrected chi connectivity index (χ0v) is 18.4. The van der Waals surface area contributed by atoms with Crippen molar-refractivity contribution in [1.29, 1.82) is 0 Å². The summed E-state index contributed by atoms with van der Waals surface area (Å²) >= 11 is 1.54. The molecular weight excluding hydrogens is 386 g/mol. The first-order valence-electron chi connectivity index (χ1n) is 9.73. The molecule has 0 radical (unpaired) electrons. The van der Waals surface area contributed by atoms with E-state index in [0.29, 0.717) is 24.3 Å². The van der Waals surface area contributed by atoms with Crippen molar-refractivity contribution in [2.75, 3.05) is 20.2 Å². The number of fused-ring (bicyclic) bond motifs is 1. The van der Waals surface area contributed by atoms with Crippen LogP contribution in [0.3, 0.4) is 0 Å². The Labute approximate surface area is 174 Å². The summed E-state index contributed by atoms with van der Waals surface area (Å²) in [7, 11) is 1.40. The van der Waals surface area contributed by atoms with E-state index in [2.05, 4.69) is 22.0 Å². The lowest BCUT2D eigenvalue weighted by molar-refractivity contribution is -0.145. The van der Waals surface area contributed by atoms with Crippen molar-refractivity contribution in [3.8, 4) is 11.1 Å². The van der Waals surface area contributed by atoms with Crippen molar-refractivity contribution in [1.82, 2.24) is 14.9 Å². The number of carbonyl (C=O) groups is 1. The van der Waals surface area contributed by atoms with E-state index >= 15 is 0 Å². The number of benzene rings is 1. The molecule has 0 amide bonds. The zero-order valence-electron chi connectivity index (χ0n) is 17.5. The number of hydrogen-bond acceptors (Lipinski definition) is 6. The summed E-state index contributed by atoms with van der Waals surface area (Å²) in [5, 5.41) is 0.645. The van der Waals surface area contributed by atoms with E-state index in [9.17, 15) is 9.59 Å². The molecule has 0 saturated heterocycles. The van der Waals surface area contributed by atoms with E-state index in [0.717, 1.165) is 27.4 Å². The Balaban J connectivity index is 1.93. The quantitative estimate of drug-likeness (QED) is 0.595. The largest absolute Gasteiger partial charge is 0.469 e. The molecule has 2 heterocycles. The molecule has 1 N–H and O–H groups in total. The first-order chi connectivity index (χ1) is 13.8. The molecule has 0 aliphatic rings. The summed E-state index contributed by atoms with van der Waals surface area (Å²) in [6.45, 7) is 9.68.